The van der Waals surface area contributed by atoms with E-state index in [0.29, 0.717) is 30.3 Å². The predicted octanol–water partition coefficient (Wildman–Crippen LogP) is 4.68. The van der Waals surface area contributed by atoms with Gasteiger partial charge in [-0.15, -0.1) is 0 Å². The summed E-state index contributed by atoms with van der Waals surface area (Å²) in [4.78, 5) is 16.9. The van der Waals surface area contributed by atoms with E-state index in [4.69, 9.17) is 14.2 Å². The van der Waals surface area contributed by atoms with E-state index in [1.165, 1.54) is 22.9 Å². The van der Waals surface area contributed by atoms with Crippen LogP contribution in [-0.2, 0) is 11.3 Å². The lowest BCUT2D eigenvalue weighted by atomic mass is 10.2. The number of hydrogen-bond donors (Lipinski definition) is 0. The molecule has 5 aromatic rings. The Morgan fingerprint density at radius 2 is 1.81 bits per heavy atom. The molecule has 0 aliphatic rings. The van der Waals surface area contributed by atoms with Crippen molar-refractivity contribution in [2.24, 2.45) is 0 Å². The Bertz CT molecular complexity index is 1610. The number of aromatic nitrogens is 4. The minimum Gasteiger partial charge on any atom is -0.493 e. The molecule has 0 unspecified atom stereocenters. The van der Waals surface area contributed by atoms with Crippen LogP contribution in [-0.4, -0.2) is 46.3 Å². The number of methoxy groups -OCH3 is 1. The molecule has 0 fully saturated rings. The molecule has 0 aliphatic heterocycles. The third-order valence-electron chi connectivity index (χ3n) is 6.06. The van der Waals surface area contributed by atoms with E-state index in [1.54, 1.807) is 36.1 Å². The van der Waals surface area contributed by atoms with Gasteiger partial charge in [-0.2, -0.15) is 5.10 Å². The molecule has 9 heteroatoms. The summed E-state index contributed by atoms with van der Waals surface area (Å²) in [7, 11) is 1.66. The number of fused-ring (bicyclic) bond motifs is 2. The van der Waals surface area contributed by atoms with Crippen molar-refractivity contribution in [2.75, 3.05) is 26.9 Å². The Morgan fingerprint density at radius 1 is 0.946 bits per heavy atom. The van der Waals surface area contributed by atoms with Crippen LogP contribution >= 0.6 is 0 Å². The zero-order valence-electron chi connectivity index (χ0n) is 20.7. The molecule has 190 valence electrons. The molecule has 37 heavy (non-hydrogen) atoms. The first-order chi connectivity index (χ1) is 18.0. The first kappa shape index (κ1) is 24.5. The van der Waals surface area contributed by atoms with Crippen molar-refractivity contribution in [3.05, 3.63) is 88.7 Å². The summed E-state index contributed by atoms with van der Waals surface area (Å²) in [5, 5.41) is 6.28. The summed E-state index contributed by atoms with van der Waals surface area (Å²) in [6, 6.07) is 15.2. The van der Waals surface area contributed by atoms with Crippen molar-refractivity contribution in [3.63, 3.8) is 0 Å². The van der Waals surface area contributed by atoms with E-state index in [-0.39, 0.29) is 24.5 Å². The largest absolute Gasteiger partial charge is 0.493 e. The van der Waals surface area contributed by atoms with Crippen LogP contribution in [0.2, 0.25) is 0 Å². The normalized spacial score (nSPS) is 11.3. The number of nitrogens with zero attached hydrogens (tertiary/aromatic N) is 4. The number of halogens is 1. The summed E-state index contributed by atoms with van der Waals surface area (Å²) in [5.41, 5.74) is 2.19. The number of benzene rings is 2. The lowest BCUT2D eigenvalue weighted by Gasteiger charge is -2.12. The van der Waals surface area contributed by atoms with Crippen LogP contribution in [0.3, 0.4) is 0 Å². The fourth-order valence-electron chi connectivity index (χ4n) is 4.24. The van der Waals surface area contributed by atoms with Crippen molar-refractivity contribution in [2.45, 2.75) is 19.9 Å². The Hall–Kier alpha value is -4.24. The minimum absolute atomic E-state index is 0.227. The molecule has 0 aliphatic carbocycles. The number of pyridine rings is 1. The van der Waals surface area contributed by atoms with E-state index in [9.17, 15) is 9.18 Å². The highest BCUT2D eigenvalue weighted by Gasteiger charge is 2.11. The highest BCUT2D eigenvalue weighted by Crippen LogP contribution is 2.27. The predicted molar refractivity (Wildman–Crippen MR) is 139 cm³/mol. The molecule has 8 nitrogen and oxygen atoms in total. The second-order valence-electron chi connectivity index (χ2n) is 8.63. The van der Waals surface area contributed by atoms with Gasteiger partial charge in [0.25, 0.3) is 5.56 Å². The zero-order chi connectivity index (χ0) is 25.8. The van der Waals surface area contributed by atoms with E-state index in [1.807, 2.05) is 31.3 Å². The monoisotopic (exact) mass is 502 g/mol. The summed E-state index contributed by atoms with van der Waals surface area (Å²) in [5.74, 6) is 1.58. The van der Waals surface area contributed by atoms with E-state index in [0.717, 1.165) is 34.0 Å². The van der Waals surface area contributed by atoms with Crippen LogP contribution in [0.1, 0.15) is 12.0 Å². The lowest BCUT2D eigenvalue weighted by Crippen LogP contribution is -2.26. The second-order valence-corrected chi connectivity index (χ2v) is 8.63. The Balaban J connectivity index is 1.31. The maximum atomic E-state index is 13.9. The summed E-state index contributed by atoms with van der Waals surface area (Å²) in [6.07, 6.45) is 4.36. The van der Waals surface area contributed by atoms with Gasteiger partial charge in [0.05, 0.1) is 24.2 Å². The molecular weight excluding hydrogens is 475 g/mol. The molecule has 0 amide bonds. The molecule has 0 N–H and O–H groups in total. The second kappa shape index (κ2) is 10.8. The molecule has 3 aromatic heterocycles. The highest BCUT2D eigenvalue weighted by atomic mass is 19.1. The number of ether oxygens (including phenoxy) is 3. The first-order valence-electron chi connectivity index (χ1n) is 12.0. The van der Waals surface area contributed by atoms with Crippen LogP contribution in [0.15, 0.2) is 71.8 Å². The van der Waals surface area contributed by atoms with Crippen LogP contribution in [0.25, 0.3) is 27.6 Å². The van der Waals surface area contributed by atoms with Crippen LogP contribution in [0, 0.1) is 12.7 Å². The molecule has 2 aromatic carbocycles. The molecule has 3 heterocycles. The third-order valence-corrected chi connectivity index (χ3v) is 6.06. The highest BCUT2D eigenvalue weighted by molar-refractivity contribution is 5.86. The molecule has 0 spiro atoms. The van der Waals surface area contributed by atoms with E-state index < -0.39 is 0 Å². The molecule has 0 saturated heterocycles. The lowest BCUT2D eigenvalue weighted by molar-refractivity contribution is 0.172. The average Bonchev–Trinajstić information content (AvgIpc) is 3.23. The minimum atomic E-state index is -0.331. The number of hydrogen-bond acceptors (Lipinski definition) is 6. The van der Waals surface area contributed by atoms with E-state index in [2.05, 4.69) is 10.1 Å². The van der Waals surface area contributed by atoms with Gasteiger partial charge < -0.3 is 14.2 Å². The Morgan fingerprint density at radius 3 is 2.68 bits per heavy atom. The average molecular weight is 503 g/mol. The van der Waals surface area contributed by atoms with Gasteiger partial charge >= 0.3 is 0 Å². The van der Waals surface area contributed by atoms with Crippen LogP contribution in [0.5, 0.6) is 11.5 Å². The molecule has 0 bridgehead atoms. The fourth-order valence-corrected chi connectivity index (χ4v) is 4.24. The van der Waals surface area contributed by atoms with Crippen LogP contribution < -0.4 is 15.0 Å². The van der Waals surface area contributed by atoms with Gasteiger partial charge in [0, 0.05) is 55.4 Å². The Kier molecular flexibility index (Phi) is 7.14. The maximum absolute atomic E-state index is 13.9. The van der Waals surface area contributed by atoms with Gasteiger partial charge in [-0.05, 0) is 55.0 Å². The molecule has 0 saturated carbocycles. The maximum Gasteiger partial charge on any atom is 0.266 e. The third kappa shape index (κ3) is 5.31. The van der Waals surface area contributed by atoms with Crippen molar-refractivity contribution < 1.29 is 18.6 Å². The molecular formula is C28H27FN4O4. The summed E-state index contributed by atoms with van der Waals surface area (Å²) < 4.78 is 33.9. The smallest absolute Gasteiger partial charge is 0.266 e. The van der Waals surface area contributed by atoms with Crippen molar-refractivity contribution in [1.82, 2.24) is 19.3 Å². The molecule has 0 atom stereocenters. The standard InChI is InChI=1S/C28H27FN4O4/c1-19-18-32(25-16-20(29)4-6-22(19)25)27-8-9-28(34)33(31-27)12-15-37-26-10-11-30-24-17-21(5-7-23(24)26)36-14-3-13-35-2/h4-11,16-18H,3,12-15H2,1-2H3. The summed E-state index contributed by atoms with van der Waals surface area (Å²) in [6.45, 7) is 3.62. The fraction of sp³-hybridized carbons (Fsp3) is 0.250. The van der Waals surface area contributed by atoms with Crippen molar-refractivity contribution in [3.8, 4) is 17.3 Å². The number of rotatable bonds is 10. The first-order valence-corrected chi connectivity index (χ1v) is 12.0. The molecule has 0 radical (unpaired) electrons. The SMILES string of the molecule is COCCCOc1ccc2c(OCCn3nc(-n4cc(C)c5ccc(F)cc54)ccc3=O)ccnc2c1. The Labute approximate surface area is 212 Å². The summed E-state index contributed by atoms with van der Waals surface area (Å²) >= 11 is 0. The topological polar surface area (TPSA) is 80.4 Å². The molecule has 5 rings (SSSR count). The van der Waals surface area contributed by atoms with Gasteiger partial charge in [0.2, 0.25) is 0 Å². The van der Waals surface area contributed by atoms with Gasteiger partial charge in [0.1, 0.15) is 23.9 Å². The van der Waals surface area contributed by atoms with E-state index >= 15 is 0 Å². The van der Waals surface area contributed by atoms with Gasteiger partial charge in [-0.1, -0.05) is 0 Å². The van der Waals surface area contributed by atoms with Crippen LogP contribution in [0.4, 0.5) is 4.39 Å². The van der Waals surface area contributed by atoms with Crippen molar-refractivity contribution >= 4 is 21.8 Å². The van der Waals surface area contributed by atoms with Gasteiger partial charge in [-0.3, -0.25) is 14.3 Å². The van der Waals surface area contributed by atoms with Crippen molar-refractivity contribution in [1.29, 1.82) is 0 Å². The van der Waals surface area contributed by atoms with Gasteiger partial charge in [0.15, 0.2) is 5.82 Å². The quantitative estimate of drug-likeness (QED) is 0.258. The number of aryl methyl sites for hydroxylation is 1. The zero-order valence-corrected chi connectivity index (χ0v) is 20.7. The van der Waals surface area contributed by atoms with Gasteiger partial charge in [-0.25, -0.2) is 9.07 Å².